The van der Waals surface area contributed by atoms with E-state index in [1.807, 2.05) is 0 Å². The van der Waals surface area contributed by atoms with Crippen LogP contribution in [0.15, 0.2) is 86.0 Å². The first-order valence-electron chi connectivity index (χ1n) is 12.8. The second kappa shape index (κ2) is 10.3. The number of aromatic nitrogens is 4. The molecule has 34 heavy (non-hydrogen) atoms. The van der Waals surface area contributed by atoms with Gasteiger partial charge in [0.2, 0.25) is 12.7 Å². The summed E-state index contributed by atoms with van der Waals surface area (Å²) in [5, 5.41) is 5.32. The fourth-order valence-corrected chi connectivity index (χ4v) is 4.86. The number of aryl methyl sites for hydroxylation is 2. The van der Waals surface area contributed by atoms with Gasteiger partial charge in [-0.25, -0.2) is 18.3 Å². The van der Waals surface area contributed by atoms with Gasteiger partial charge in [-0.1, -0.05) is 63.1 Å². The van der Waals surface area contributed by atoms with Gasteiger partial charge in [-0.2, -0.15) is 0 Å². The van der Waals surface area contributed by atoms with E-state index in [-0.39, 0.29) is 0 Å². The summed E-state index contributed by atoms with van der Waals surface area (Å²) in [5.74, 6) is 0. The van der Waals surface area contributed by atoms with Crippen molar-refractivity contribution in [1.82, 2.24) is 9.13 Å². The Kier molecular flexibility index (Phi) is 6.75. The van der Waals surface area contributed by atoms with Crippen LogP contribution < -0.4 is 9.13 Å². The van der Waals surface area contributed by atoms with Crippen LogP contribution in [0.4, 0.5) is 0 Å². The maximum atomic E-state index is 2.42. The Bertz CT molecular complexity index is 1290. The lowest BCUT2D eigenvalue weighted by molar-refractivity contribution is -0.687. The van der Waals surface area contributed by atoms with Gasteiger partial charge in [0, 0.05) is 11.1 Å². The Morgan fingerprint density at radius 2 is 1.15 bits per heavy atom. The number of rotatable bonds is 10. The summed E-state index contributed by atoms with van der Waals surface area (Å²) in [6, 6.07) is 18.2. The number of hydrogen-bond acceptors (Lipinski definition) is 0. The van der Waals surface area contributed by atoms with Crippen LogP contribution in [0, 0.1) is 0 Å². The third-order valence-electron chi connectivity index (χ3n) is 6.80. The highest BCUT2D eigenvalue weighted by Gasteiger charge is 2.12. The van der Waals surface area contributed by atoms with Crippen LogP contribution in [0.3, 0.4) is 0 Å². The van der Waals surface area contributed by atoms with Gasteiger partial charge < -0.3 is 0 Å². The van der Waals surface area contributed by atoms with Crippen molar-refractivity contribution in [3.8, 4) is 0 Å². The molecular weight excluding hydrogens is 416 g/mol. The molecule has 0 saturated heterocycles. The van der Waals surface area contributed by atoms with Gasteiger partial charge in [-0.15, -0.1) is 0 Å². The van der Waals surface area contributed by atoms with Gasteiger partial charge in [0.15, 0.2) is 0 Å². The van der Waals surface area contributed by atoms with E-state index in [9.17, 15) is 0 Å². The largest absolute Gasteiger partial charge is 0.244 e. The summed E-state index contributed by atoms with van der Waals surface area (Å²) >= 11 is 0. The Labute approximate surface area is 202 Å². The molecule has 0 saturated carbocycles. The molecule has 2 heterocycles. The lowest BCUT2D eigenvalue weighted by Crippen LogP contribution is -2.32. The molecule has 0 bridgehead atoms. The van der Waals surface area contributed by atoms with E-state index in [2.05, 4.69) is 118 Å². The van der Waals surface area contributed by atoms with Crippen molar-refractivity contribution in [2.75, 3.05) is 0 Å². The van der Waals surface area contributed by atoms with Crippen molar-refractivity contribution < 1.29 is 9.13 Å². The smallest absolute Gasteiger partial charge is 0.237 e. The number of unbranched alkanes of at least 4 members (excludes halogenated alkanes) is 2. The van der Waals surface area contributed by atoms with Crippen molar-refractivity contribution in [3.63, 3.8) is 0 Å². The standard InChI is InChI=1S/C30H36N4/c1-3-5-13-31-15-17-33(23-31)21-27-11-7-9-25-19-26-10-8-12-28(30(26)20-29(25)27)22-34-18-16-32(24-34)14-6-4-2/h7-12,15-20,23-24H,3-6,13-14,21-22H2,1-2H3/q+2. The molecule has 2 aromatic heterocycles. The number of hydrogen-bond donors (Lipinski definition) is 0. The molecule has 0 amide bonds. The molecule has 174 valence electrons. The molecule has 0 aliphatic rings. The zero-order valence-electron chi connectivity index (χ0n) is 20.5. The normalized spacial score (nSPS) is 11.6. The van der Waals surface area contributed by atoms with E-state index in [0.29, 0.717) is 0 Å². The van der Waals surface area contributed by atoms with Crippen molar-refractivity contribution in [2.45, 2.75) is 65.7 Å². The molecule has 0 radical (unpaired) electrons. The maximum absolute atomic E-state index is 2.42. The molecule has 0 aliphatic carbocycles. The molecule has 0 spiro atoms. The number of fused-ring (bicyclic) bond motifs is 2. The number of benzene rings is 3. The Morgan fingerprint density at radius 3 is 1.62 bits per heavy atom. The molecule has 4 nitrogen and oxygen atoms in total. The van der Waals surface area contributed by atoms with Crippen molar-refractivity contribution in [1.29, 1.82) is 0 Å². The molecule has 0 unspecified atom stereocenters. The summed E-state index contributed by atoms with van der Waals surface area (Å²) in [7, 11) is 0. The molecule has 3 aromatic carbocycles. The average Bonchev–Trinajstić information content (AvgIpc) is 3.50. The fourth-order valence-electron chi connectivity index (χ4n) is 4.86. The van der Waals surface area contributed by atoms with Crippen LogP contribution >= 0.6 is 0 Å². The molecule has 0 aliphatic heterocycles. The third-order valence-corrected chi connectivity index (χ3v) is 6.80. The summed E-state index contributed by atoms with van der Waals surface area (Å²) in [6.45, 7) is 8.44. The monoisotopic (exact) mass is 452 g/mol. The fraction of sp³-hybridized carbons (Fsp3) is 0.333. The molecular formula is C30H36N4+2. The van der Waals surface area contributed by atoms with Crippen molar-refractivity contribution >= 4 is 21.5 Å². The van der Waals surface area contributed by atoms with E-state index >= 15 is 0 Å². The van der Waals surface area contributed by atoms with Gasteiger partial charge in [0.25, 0.3) is 0 Å². The van der Waals surface area contributed by atoms with Crippen LogP contribution in [0.25, 0.3) is 21.5 Å². The highest BCUT2D eigenvalue weighted by atomic mass is 15.1. The second-order valence-corrected chi connectivity index (χ2v) is 9.48. The maximum Gasteiger partial charge on any atom is 0.244 e. The zero-order valence-corrected chi connectivity index (χ0v) is 20.5. The second-order valence-electron chi connectivity index (χ2n) is 9.48. The van der Waals surface area contributed by atoms with E-state index in [1.54, 1.807) is 0 Å². The molecule has 5 aromatic rings. The molecule has 0 fully saturated rings. The molecule has 0 atom stereocenters. The van der Waals surface area contributed by atoms with Crippen molar-refractivity contribution in [3.05, 3.63) is 97.1 Å². The minimum absolute atomic E-state index is 0.888. The quantitative estimate of drug-likeness (QED) is 0.186. The summed E-state index contributed by atoms with van der Waals surface area (Å²) in [5.41, 5.74) is 2.73. The summed E-state index contributed by atoms with van der Waals surface area (Å²) in [4.78, 5) is 0. The van der Waals surface area contributed by atoms with E-state index in [1.165, 1.54) is 58.4 Å². The van der Waals surface area contributed by atoms with Gasteiger partial charge in [0.05, 0.1) is 13.1 Å². The van der Waals surface area contributed by atoms with Gasteiger partial charge in [-0.05, 0) is 46.5 Å². The van der Waals surface area contributed by atoms with Crippen LogP contribution in [-0.4, -0.2) is 9.13 Å². The van der Waals surface area contributed by atoms with E-state index < -0.39 is 0 Å². The van der Waals surface area contributed by atoms with Gasteiger partial charge >= 0.3 is 0 Å². The molecule has 5 rings (SSSR count). The van der Waals surface area contributed by atoms with Crippen LogP contribution in [0.5, 0.6) is 0 Å². The first-order valence-corrected chi connectivity index (χ1v) is 12.8. The Morgan fingerprint density at radius 1 is 0.647 bits per heavy atom. The molecule has 0 N–H and O–H groups in total. The van der Waals surface area contributed by atoms with Crippen LogP contribution in [0.1, 0.15) is 50.7 Å². The van der Waals surface area contributed by atoms with Crippen LogP contribution in [-0.2, 0) is 26.2 Å². The summed E-state index contributed by atoms with van der Waals surface area (Å²) < 4.78 is 9.20. The van der Waals surface area contributed by atoms with Crippen molar-refractivity contribution in [2.24, 2.45) is 0 Å². The highest BCUT2D eigenvalue weighted by molar-refractivity contribution is 6.00. The predicted octanol–water partition coefficient (Wildman–Crippen LogP) is 5.87. The first-order chi connectivity index (χ1) is 16.7. The molecule has 4 heteroatoms. The number of imidazole rings is 2. The minimum Gasteiger partial charge on any atom is -0.237 e. The lowest BCUT2D eigenvalue weighted by Gasteiger charge is -2.10. The first kappa shape index (κ1) is 22.4. The van der Waals surface area contributed by atoms with Gasteiger partial charge in [0.1, 0.15) is 37.9 Å². The Balaban J connectivity index is 1.47. The lowest BCUT2D eigenvalue weighted by atomic mass is 9.97. The topological polar surface area (TPSA) is 17.6 Å². The predicted molar refractivity (Wildman–Crippen MR) is 139 cm³/mol. The number of nitrogens with zero attached hydrogens (tertiary/aromatic N) is 4. The minimum atomic E-state index is 0.888. The Hall–Kier alpha value is -3.40. The van der Waals surface area contributed by atoms with E-state index in [4.69, 9.17) is 0 Å². The zero-order chi connectivity index (χ0) is 23.3. The van der Waals surface area contributed by atoms with Crippen LogP contribution in [0.2, 0.25) is 0 Å². The SMILES string of the molecule is CCCCn1cc[n+](Cc2cccc3cc4cccc(C[n+]5ccn(CCCC)c5)c4cc23)c1. The highest BCUT2D eigenvalue weighted by Crippen LogP contribution is 2.28. The average molecular weight is 453 g/mol. The third kappa shape index (κ3) is 4.91. The van der Waals surface area contributed by atoms with E-state index in [0.717, 1.165) is 26.2 Å². The summed E-state index contributed by atoms with van der Waals surface area (Å²) in [6.07, 6.45) is 18.1. The van der Waals surface area contributed by atoms with Gasteiger partial charge in [-0.3, -0.25) is 0 Å².